The monoisotopic (exact) mass is 448 g/mol. The van der Waals surface area contributed by atoms with Crippen LogP contribution in [0, 0.1) is 0 Å². The molecule has 0 unspecified atom stereocenters. The highest BCUT2D eigenvalue weighted by molar-refractivity contribution is 7.98. The van der Waals surface area contributed by atoms with Crippen molar-refractivity contribution in [2.75, 3.05) is 19.1 Å². The minimum absolute atomic E-state index is 0.244. The minimum Gasteiger partial charge on any atom is -0.467 e. The summed E-state index contributed by atoms with van der Waals surface area (Å²) >= 11 is 3.02. The number of amides is 2. The van der Waals surface area contributed by atoms with Crippen LogP contribution < -0.4 is 10.6 Å². The molecule has 1 aliphatic carbocycles. The number of rotatable bonds is 8. The van der Waals surface area contributed by atoms with E-state index in [0.29, 0.717) is 24.1 Å². The van der Waals surface area contributed by atoms with Crippen LogP contribution in [0.4, 0.5) is 0 Å². The van der Waals surface area contributed by atoms with Gasteiger partial charge in [0.05, 0.1) is 12.0 Å². The van der Waals surface area contributed by atoms with Crippen LogP contribution in [-0.4, -0.2) is 48.5 Å². The van der Waals surface area contributed by atoms with Crippen molar-refractivity contribution in [2.45, 2.75) is 50.1 Å². The van der Waals surface area contributed by atoms with Crippen LogP contribution in [0.1, 0.15) is 48.2 Å². The lowest BCUT2D eigenvalue weighted by Gasteiger charge is -2.37. The molecule has 2 N–H and O–H groups in total. The average molecular weight is 449 g/mol. The molecule has 1 saturated carbocycles. The van der Waals surface area contributed by atoms with E-state index in [1.807, 2.05) is 36.6 Å². The summed E-state index contributed by atoms with van der Waals surface area (Å²) in [6.07, 6.45) is 6.30. The Morgan fingerprint density at radius 2 is 1.93 bits per heavy atom. The summed E-state index contributed by atoms with van der Waals surface area (Å²) < 4.78 is 5.90. The van der Waals surface area contributed by atoms with Gasteiger partial charge in [-0.1, -0.05) is 37.5 Å². The largest absolute Gasteiger partial charge is 0.467 e. The number of hydrogen-bond acceptors (Lipinski definition) is 6. The van der Waals surface area contributed by atoms with Crippen molar-refractivity contribution in [3.8, 4) is 0 Å². The van der Waals surface area contributed by atoms with Crippen LogP contribution in [0.2, 0.25) is 0 Å². The van der Waals surface area contributed by atoms with Gasteiger partial charge in [0.2, 0.25) is 5.91 Å². The van der Waals surface area contributed by atoms with Gasteiger partial charge in [-0.25, -0.2) is 4.79 Å². The molecule has 0 saturated heterocycles. The van der Waals surface area contributed by atoms with Gasteiger partial charge in [-0.05, 0) is 48.8 Å². The molecule has 1 aromatic heterocycles. The fourth-order valence-electron chi connectivity index (χ4n) is 3.86. The van der Waals surface area contributed by atoms with Gasteiger partial charge in [-0.2, -0.15) is 11.8 Å². The highest BCUT2D eigenvalue weighted by Gasteiger charge is 2.42. The van der Waals surface area contributed by atoms with Gasteiger partial charge in [0.1, 0.15) is 11.6 Å². The molecule has 2 aromatic rings. The Morgan fingerprint density at radius 1 is 1.20 bits per heavy atom. The van der Waals surface area contributed by atoms with Gasteiger partial charge in [0, 0.05) is 4.70 Å². The van der Waals surface area contributed by atoms with E-state index in [0.717, 1.165) is 35.1 Å². The average Bonchev–Trinajstić information content (AvgIpc) is 3.21. The maximum atomic E-state index is 13.3. The third kappa shape index (κ3) is 5.16. The Bertz CT molecular complexity index is 872. The molecule has 0 aliphatic heterocycles. The standard InChI is InChI=1S/C22H28N2O4S2/c1-28-20(26)16(10-13-29-2)23-21(27)22(11-6-3-7-12-22)24-19(25)18-14-15-8-4-5-9-17(15)30-18/h4-5,8-9,14,16H,3,6-7,10-13H2,1-2H3,(H,23,27)(H,24,25)/t16-/m0/s1. The molecular formula is C22H28N2O4S2. The van der Waals surface area contributed by atoms with Crippen LogP contribution in [0.15, 0.2) is 30.3 Å². The maximum absolute atomic E-state index is 13.3. The number of carbonyl (C=O) groups is 3. The topological polar surface area (TPSA) is 84.5 Å². The number of nitrogens with one attached hydrogen (secondary N) is 2. The van der Waals surface area contributed by atoms with Crippen LogP contribution in [0.25, 0.3) is 10.1 Å². The number of esters is 1. The quantitative estimate of drug-likeness (QED) is 0.601. The fourth-order valence-corrected chi connectivity index (χ4v) is 5.29. The predicted octanol–water partition coefficient (Wildman–Crippen LogP) is 3.74. The molecule has 1 aliphatic rings. The zero-order chi connectivity index (χ0) is 21.6. The van der Waals surface area contributed by atoms with E-state index in [-0.39, 0.29) is 11.8 Å². The van der Waals surface area contributed by atoms with Crippen LogP contribution in [-0.2, 0) is 14.3 Å². The first-order valence-corrected chi connectivity index (χ1v) is 12.4. The molecule has 0 spiro atoms. The summed E-state index contributed by atoms with van der Waals surface area (Å²) in [6, 6.07) is 8.98. The summed E-state index contributed by atoms with van der Waals surface area (Å²) in [5, 5.41) is 6.90. The molecule has 3 rings (SSSR count). The Kier molecular flexibility index (Phi) is 7.77. The molecule has 0 radical (unpaired) electrons. The number of fused-ring (bicyclic) bond motifs is 1. The first-order chi connectivity index (χ1) is 14.5. The Hall–Kier alpha value is -2.06. The highest BCUT2D eigenvalue weighted by atomic mass is 32.2. The molecule has 2 amide bonds. The minimum atomic E-state index is -1.00. The predicted molar refractivity (Wildman–Crippen MR) is 122 cm³/mol. The number of hydrogen-bond donors (Lipinski definition) is 2. The number of benzene rings is 1. The van der Waals surface area contributed by atoms with Crippen molar-refractivity contribution < 1.29 is 19.1 Å². The van der Waals surface area contributed by atoms with Crippen molar-refractivity contribution in [1.29, 1.82) is 0 Å². The number of methoxy groups -OCH3 is 1. The summed E-state index contributed by atoms with van der Waals surface area (Å²) in [5.74, 6) is -0.277. The summed E-state index contributed by atoms with van der Waals surface area (Å²) in [5.41, 5.74) is -1.00. The maximum Gasteiger partial charge on any atom is 0.328 e. The molecule has 6 nitrogen and oxygen atoms in total. The van der Waals surface area contributed by atoms with Gasteiger partial charge in [0.25, 0.3) is 5.91 Å². The number of carbonyl (C=O) groups excluding carboxylic acids is 3. The second-order valence-electron chi connectivity index (χ2n) is 7.58. The lowest BCUT2D eigenvalue weighted by atomic mass is 9.80. The SMILES string of the molecule is COC(=O)[C@H](CCSC)NC(=O)C1(NC(=O)c2cc3ccccc3s2)CCCCC1. The van der Waals surface area contributed by atoms with E-state index >= 15 is 0 Å². The Morgan fingerprint density at radius 3 is 2.60 bits per heavy atom. The third-order valence-electron chi connectivity index (χ3n) is 5.55. The number of thioether (sulfide) groups is 1. The van der Waals surface area contributed by atoms with E-state index in [9.17, 15) is 14.4 Å². The molecule has 1 aromatic carbocycles. The van der Waals surface area contributed by atoms with E-state index in [1.165, 1.54) is 18.4 Å². The molecule has 1 heterocycles. The van der Waals surface area contributed by atoms with E-state index < -0.39 is 17.6 Å². The van der Waals surface area contributed by atoms with Crippen molar-refractivity contribution in [1.82, 2.24) is 10.6 Å². The van der Waals surface area contributed by atoms with Gasteiger partial charge in [0.15, 0.2) is 0 Å². The van der Waals surface area contributed by atoms with Crippen LogP contribution in [0.3, 0.4) is 0 Å². The smallest absolute Gasteiger partial charge is 0.328 e. The van der Waals surface area contributed by atoms with Crippen LogP contribution in [0.5, 0.6) is 0 Å². The Balaban J connectivity index is 1.79. The Labute approximate surface area is 185 Å². The molecular weight excluding hydrogens is 420 g/mol. The second kappa shape index (κ2) is 10.3. The number of thiophene rings is 1. The van der Waals surface area contributed by atoms with Crippen LogP contribution >= 0.6 is 23.1 Å². The molecule has 30 heavy (non-hydrogen) atoms. The molecule has 1 fully saturated rings. The summed E-state index contributed by atoms with van der Waals surface area (Å²) in [6.45, 7) is 0. The van der Waals surface area contributed by atoms with Gasteiger partial charge < -0.3 is 15.4 Å². The molecule has 8 heteroatoms. The zero-order valence-electron chi connectivity index (χ0n) is 17.4. The molecule has 162 valence electrons. The van der Waals surface area contributed by atoms with Gasteiger partial charge >= 0.3 is 5.97 Å². The lowest BCUT2D eigenvalue weighted by molar-refractivity contribution is -0.146. The fraction of sp³-hybridized carbons (Fsp3) is 0.500. The molecule has 1 atom stereocenters. The van der Waals surface area contributed by atoms with Crippen molar-refractivity contribution in [3.63, 3.8) is 0 Å². The van der Waals surface area contributed by atoms with Gasteiger partial charge in [-0.15, -0.1) is 11.3 Å². The summed E-state index contributed by atoms with van der Waals surface area (Å²) in [4.78, 5) is 39.1. The van der Waals surface area contributed by atoms with E-state index in [4.69, 9.17) is 4.74 Å². The zero-order valence-corrected chi connectivity index (χ0v) is 19.0. The lowest BCUT2D eigenvalue weighted by Crippen LogP contribution is -2.62. The highest BCUT2D eigenvalue weighted by Crippen LogP contribution is 2.31. The first kappa shape index (κ1) is 22.6. The number of ether oxygens (including phenoxy) is 1. The second-order valence-corrected chi connectivity index (χ2v) is 9.65. The first-order valence-electron chi connectivity index (χ1n) is 10.2. The summed E-state index contributed by atoms with van der Waals surface area (Å²) in [7, 11) is 1.32. The van der Waals surface area contributed by atoms with Crippen molar-refractivity contribution in [3.05, 3.63) is 35.2 Å². The third-order valence-corrected chi connectivity index (χ3v) is 7.30. The van der Waals surface area contributed by atoms with E-state index in [2.05, 4.69) is 10.6 Å². The normalized spacial score (nSPS) is 16.6. The van der Waals surface area contributed by atoms with Gasteiger partial charge in [-0.3, -0.25) is 9.59 Å². The molecule has 0 bridgehead atoms. The van der Waals surface area contributed by atoms with Crippen molar-refractivity contribution in [2.24, 2.45) is 0 Å². The van der Waals surface area contributed by atoms with E-state index in [1.54, 1.807) is 11.8 Å². The van der Waals surface area contributed by atoms with Crippen molar-refractivity contribution >= 4 is 51.0 Å².